The van der Waals surface area contributed by atoms with Gasteiger partial charge in [0.05, 0.1) is 13.2 Å². The summed E-state index contributed by atoms with van der Waals surface area (Å²) in [6.45, 7) is 2.72. The number of hydrogen-bond acceptors (Lipinski definition) is 5. The van der Waals surface area contributed by atoms with Crippen molar-refractivity contribution in [2.75, 3.05) is 21.3 Å². The molecule has 96 valence electrons. The molecule has 5 nitrogen and oxygen atoms in total. The molecule has 0 bridgehead atoms. The first-order valence-electron chi connectivity index (χ1n) is 5.49. The molecule has 0 aliphatic heterocycles. The van der Waals surface area contributed by atoms with Gasteiger partial charge in [-0.05, 0) is 12.5 Å². The quantitative estimate of drug-likeness (QED) is 0.725. The molecule has 17 heavy (non-hydrogen) atoms. The molecule has 1 heterocycles. The second-order valence-corrected chi connectivity index (χ2v) is 3.72. The smallest absolute Gasteiger partial charge is 0.212 e. The first-order valence-corrected chi connectivity index (χ1v) is 5.49. The van der Waals surface area contributed by atoms with Gasteiger partial charge in [0, 0.05) is 33.0 Å². The lowest BCUT2D eigenvalue weighted by atomic mass is 10.2. The summed E-state index contributed by atoms with van der Waals surface area (Å²) in [7, 11) is 4.85. The third kappa shape index (κ3) is 4.30. The summed E-state index contributed by atoms with van der Waals surface area (Å²) in [4.78, 5) is 4.14. The third-order valence-corrected chi connectivity index (χ3v) is 2.51. The van der Waals surface area contributed by atoms with Crippen LogP contribution in [-0.2, 0) is 16.0 Å². The van der Waals surface area contributed by atoms with E-state index in [0.29, 0.717) is 12.4 Å². The highest BCUT2D eigenvalue weighted by Crippen LogP contribution is 2.07. The van der Waals surface area contributed by atoms with Crippen molar-refractivity contribution >= 4 is 0 Å². The first kappa shape index (κ1) is 13.9. The number of ether oxygens (including phenoxy) is 3. The van der Waals surface area contributed by atoms with E-state index in [1.807, 2.05) is 19.1 Å². The highest BCUT2D eigenvalue weighted by atomic mass is 16.7. The monoisotopic (exact) mass is 240 g/mol. The summed E-state index contributed by atoms with van der Waals surface area (Å²) in [6.07, 6.45) is 1.54. The van der Waals surface area contributed by atoms with Gasteiger partial charge in [-0.15, -0.1) is 0 Å². The van der Waals surface area contributed by atoms with E-state index in [9.17, 15) is 0 Å². The van der Waals surface area contributed by atoms with Gasteiger partial charge < -0.3 is 19.5 Å². The molecule has 0 saturated carbocycles. The number of nitrogens with one attached hydrogen (secondary N) is 1. The average Bonchev–Trinajstić information content (AvgIpc) is 2.38. The predicted molar refractivity (Wildman–Crippen MR) is 64.9 cm³/mol. The van der Waals surface area contributed by atoms with Gasteiger partial charge in [0.15, 0.2) is 6.29 Å². The van der Waals surface area contributed by atoms with Crippen LogP contribution in [0.5, 0.6) is 5.88 Å². The Kier molecular flexibility index (Phi) is 5.90. The van der Waals surface area contributed by atoms with Crippen LogP contribution in [-0.4, -0.2) is 38.6 Å². The van der Waals surface area contributed by atoms with Gasteiger partial charge in [0.2, 0.25) is 5.88 Å². The summed E-state index contributed by atoms with van der Waals surface area (Å²) >= 11 is 0. The van der Waals surface area contributed by atoms with Crippen LogP contribution in [0.15, 0.2) is 18.3 Å². The summed E-state index contributed by atoms with van der Waals surface area (Å²) in [5, 5.41) is 3.31. The Bertz CT molecular complexity index is 312. The van der Waals surface area contributed by atoms with Crippen LogP contribution in [0.3, 0.4) is 0 Å². The lowest BCUT2D eigenvalue weighted by Gasteiger charge is -2.22. The predicted octanol–water partition coefficient (Wildman–Crippen LogP) is 1.19. The Morgan fingerprint density at radius 1 is 1.24 bits per heavy atom. The van der Waals surface area contributed by atoms with Gasteiger partial charge in [-0.3, -0.25) is 0 Å². The van der Waals surface area contributed by atoms with Crippen molar-refractivity contribution in [3.8, 4) is 5.88 Å². The SMILES string of the molecule is COc1ccc(CNC(C)C(OC)OC)cn1. The van der Waals surface area contributed by atoms with Gasteiger partial charge in [-0.1, -0.05) is 6.07 Å². The molecule has 1 aromatic heterocycles. The molecular formula is C12H20N2O3. The zero-order chi connectivity index (χ0) is 12.7. The molecule has 5 heteroatoms. The number of rotatable bonds is 7. The molecule has 1 rings (SSSR count). The van der Waals surface area contributed by atoms with Crippen LogP contribution in [0, 0.1) is 0 Å². The zero-order valence-electron chi connectivity index (χ0n) is 10.8. The molecule has 1 aromatic rings. The normalized spacial score (nSPS) is 12.8. The number of nitrogens with zero attached hydrogens (tertiary/aromatic N) is 1. The van der Waals surface area contributed by atoms with Gasteiger partial charge in [-0.25, -0.2) is 4.98 Å². The maximum Gasteiger partial charge on any atom is 0.212 e. The number of pyridine rings is 1. The molecule has 1 unspecified atom stereocenters. The van der Waals surface area contributed by atoms with Crippen LogP contribution in [0.1, 0.15) is 12.5 Å². The van der Waals surface area contributed by atoms with E-state index in [1.54, 1.807) is 27.5 Å². The summed E-state index contributed by atoms with van der Waals surface area (Å²) in [6, 6.07) is 3.92. The fourth-order valence-electron chi connectivity index (χ4n) is 1.52. The molecule has 1 atom stereocenters. The van der Waals surface area contributed by atoms with Crippen molar-refractivity contribution < 1.29 is 14.2 Å². The standard InChI is InChI=1S/C12H20N2O3/c1-9(12(16-3)17-4)13-7-10-5-6-11(15-2)14-8-10/h5-6,8-9,12-13H,7H2,1-4H3. The van der Waals surface area contributed by atoms with Crippen LogP contribution >= 0.6 is 0 Å². The number of hydrogen-bond donors (Lipinski definition) is 1. The molecule has 0 aliphatic carbocycles. The highest BCUT2D eigenvalue weighted by molar-refractivity contribution is 5.17. The molecular weight excluding hydrogens is 220 g/mol. The Labute approximate surface area is 102 Å². The summed E-state index contributed by atoms with van der Waals surface area (Å²) in [5.74, 6) is 0.619. The van der Waals surface area contributed by atoms with Crippen molar-refractivity contribution in [3.05, 3.63) is 23.9 Å². The first-order chi connectivity index (χ1) is 8.21. The minimum Gasteiger partial charge on any atom is -0.481 e. The molecule has 0 fully saturated rings. The Balaban J connectivity index is 2.43. The fraction of sp³-hybridized carbons (Fsp3) is 0.583. The lowest BCUT2D eigenvalue weighted by molar-refractivity contribution is -0.119. The van der Waals surface area contributed by atoms with Crippen molar-refractivity contribution in [2.45, 2.75) is 25.8 Å². The second-order valence-electron chi connectivity index (χ2n) is 3.72. The van der Waals surface area contributed by atoms with Crippen LogP contribution in [0.2, 0.25) is 0 Å². The second kappa shape index (κ2) is 7.21. The zero-order valence-corrected chi connectivity index (χ0v) is 10.8. The van der Waals surface area contributed by atoms with E-state index in [2.05, 4.69) is 10.3 Å². The van der Waals surface area contributed by atoms with E-state index in [-0.39, 0.29) is 12.3 Å². The van der Waals surface area contributed by atoms with Crippen LogP contribution < -0.4 is 10.1 Å². The maximum absolute atomic E-state index is 5.17. The molecule has 0 amide bonds. The van der Waals surface area contributed by atoms with E-state index in [4.69, 9.17) is 14.2 Å². The summed E-state index contributed by atoms with van der Waals surface area (Å²) < 4.78 is 15.3. The van der Waals surface area contributed by atoms with E-state index >= 15 is 0 Å². The number of aromatic nitrogens is 1. The van der Waals surface area contributed by atoms with Crippen molar-refractivity contribution in [1.29, 1.82) is 0 Å². The highest BCUT2D eigenvalue weighted by Gasteiger charge is 2.14. The summed E-state index contributed by atoms with van der Waals surface area (Å²) in [5.41, 5.74) is 1.09. The van der Waals surface area contributed by atoms with Crippen molar-refractivity contribution in [2.24, 2.45) is 0 Å². The van der Waals surface area contributed by atoms with Crippen molar-refractivity contribution in [3.63, 3.8) is 0 Å². The molecule has 0 saturated heterocycles. The van der Waals surface area contributed by atoms with Crippen LogP contribution in [0.25, 0.3) is 0 Å². The van der Waals surface area contributed by atoms with E-state index in [1.165, 1.54) is 0 Å². The van der Waals surface area contributed by atoms with E-state index < -0.39 is 0 Å². The molecule has 0 radical (unpaired) electrons. The largest absolute Gasteiger partial charge is 0.481 e. The van der Waals surface area contributed by atoms with Crippen LogP contribution in [0.4, 0.5) is 0 Å². The van der Waals surface area contributed by atoms with Gasteiger partial charge in [0.25, 0.3) is 0 Å². The minimum absolute atomic E-state index is 0.104. The van der Waals surface area contributed by atoms with Crippen molar-refractivity contribution in [1.82, 2.24) is 10.3 Å². The molecule has 1 N–H and O–H groups in total. The average molecular weight is 240 g/mol. The third-order valence-electron chi connectivity index (χ3n) is 2.51. The molecule has 0 spiro atoms. The Hall–Kier alpha value is -1.17. The Morgan fingerprint density at radius 2 is 1.94 bits per heavy atom. The lowest BCUT2D eigenvalue weighted by Crippen LogP contribution is -2.39. The van der Waals surface area contributed by atoms with Gasteiger partial charge in [0.1, 0.15) is 0 Å². The van der Waals surface area contributed by atoms with E-state index in [0.717, 1.165) is 5.56 Å². The molecule has 0 aromatic carbocycles. The fourth-order valence-corrected chi connectivity index (χ4v) is 1.52. The maximum atomic E-state index is 5.17. The van der Waals surface area contributed by atoms with Gasteiger partial charge in [-0.2, -0.15) is 0 Å². The molecule has 0 aliphatic rings. The number of methoxy groups -OCH3 is 3. The minimum atomic E-state index is -0.249. The van der Waals surface area contributed by atoms with Gasteiger partial charge >= 0.3 is 0 Å². The topological polar surface area (TPSA) is 52.6 Å². The Morgan fingerprint density at radius 3 is 2.41 bits per heavy atom.